The first-order chi connectivity index (χ1) is 8.60. The van der Waals surface area contributed by atoms with E-state index in [1.54, 1.807) is 4.90 Å². The van der Waals surface area contributed by atoms with Crippen molar-refractivity contribution in [3.05, 3.63) is 0 Å². The maximum atomic E-state index is 12.6. The second kappa shape index (κ2) is 3.97. The van der Waals surface area contributed by atoms with Gasteiger partial charge in [-0.25, -0.2) is 0 Å². The number of nitrogens with zero attached hydrogens (tertiary/aromatic N) is 1. The molecule has 1 atom stereocenters. The van der Waals surface area contributed by atoms with Crippen LogP contribution in [0.1, 0.15) is 47.5 Å². The van der Waals surface area contributed by atoms with E-state index in [0.717, 1.165) is 0 Å². The molecule has 0 radical (unpaired) electrons. The van der Waals surface area contributed by atoms with Crippen LogP contribution in [0.4, 0.5) is 0 Å². The maximum absolute atomic E-state index is 12.6. The summed E-state index contributed by atoms with van der Waals surface area (Å²) in [6, 6.07) is 0. The molecule has 0 bridgehead atoms. The summed E-state index contributed by atoms with van der Waals surface area (Å²) in [5.41, 5.74) is -0.686. The second-order valence-electron chi connectivity index (χ2n) is 7.33. The molecule has 1 heterocycles. The van der Waals surface area contributed by atoms with Crippen LogP contribution in [-0.4, -0.2) is 35.0 Å². The third kappa shape index (κ3) is 1.79. The third-order valence-corrected chi connectivity index (χ3v) is 6.06. The first kappa shape index (κ1) is 14.4. The molecule has 4 nitrogen and oxygen atoms in total. The lowest BCUT2D eigenvalue weighted by Crippen LogP contribution is -2.37. The number of likely N-dealkylation sites (tertiary alicyclic amines) is 1. The Labute approximate surface area is 115 Å². The molecule has 1 saturated heterocycles. The molecule has 0 aromatic rings. The highest BCUT2D eigenvalue weighted by Crippen LogP contribution is 2.69. The summed E-state index contributed by atoms with van der Waals surface area (Å²) in [6.07, 6.45) is 1.17. The third-order valence-electron chi connectivity index (χ3n) is 6.06. The summed E-state index contributed by atoms with van der Waals surface area (Å²) in [6.45, 7) is 11.3. The summed E-state index contributed by atoms with van der Waals surface area (Å²) >= 11 is 0. The number of carboxylic acid groups (broad SMARTS) is 1. The fourth-order valence-electron chi connectivity index (χ4n) is 3.67. The summed E-state index contributed by atoms with van der Waals surface area (Å²) in [5, 5.41) is 9.38. The van der Waals surface area contributed by atoms with Gasteiger partial charge >= 0.3 is 5.97 Å². The average Bonchev–Trinajstić information content (AvgIpc) is 2.69. The molecule has 0 aromatic heterocycles. The highest BCUT2D eigenvalue weighted by atomic mass is 16.4. The normalized spacial score (nSPS) is 32.4. The fourth-order valence-corrected chi connectivity index (χ4v) is 3.67. The monoisotopic (exact) mass is 267 g/mol. The maximum Gasteiger partial charge on any atom is 0.311 e. The molecule has 2 fully saturated rings. The van der Waals surface area contributed by atoms with Crippen LogP contribution in [0.3, 0.4) is 0 Å². The number of hydrogen-bond acceptors (Lipinski definition) is 2. The van der Waals surface area contributed by atoms with E-state index in [0.29, 0.717) is 25.9 Å². The van der Waals surface area contributed by atoms with Crippen LogP contribution in [-0.2, 0) is 9.59 Å². The van der Waals surface area contributed by atoms with Gasteiger partial charge in [0.1, 0.15) is 0 Å². The van der Waals surface area contributed by atoms with Crippen LogP contribution in [0.2, 0.25) is 0 Å². The van der Waals surface area contributed by atoms with Crippen molar-refractivity contribution < 1.29 is 14.7 Å². The Morgan fingerprint density at radius 2 is 1.74 bits per heavy atom. The largest absolute Gasteiger partial charge is 0.481 e. The minimum absolute atomic E-state index is 0.0186. The van der Waals surface area contributed by atoms with E-state index < -0.39 is 11.4 Å². The van der Waals surface area contributed by atoms with E-state index in [4.69, 9.17) is 0 Å². The van der Waals surface area contributed by atoms with Gasteiger partial charge in [-0.2, -0.15) is 0 Å². The van der Waals surface area contributed by atoms with Gasteiger partial charge in [0.05, 0.1) is 5.41 Å². The van der Waals surface area contributed by atoms with E-state index in [2.05, 4.69) is 27.7 Å². The molecule has 0 aromatic carbocycles. The molecule has 1 aliphatic heterocycles. The van der Waals surface area contributed by atoms with Crippen molar-refractivity contribution in [1.82, 2.24) is 4.90 Å². The average molecular weight is 267 g/mol. The molecule has 1 N–H and O–H groups in total. The molecule has 1 unspecified atom stereocenters. The van der Waals surface area contributed by atoms with Crippen LogP contribution >= 0.6 is 0 Å². The van der Waals surface area contributed by atoms with Crippen molar-refractivity contribution >= 4 is 11.9 Å². The highest BCUT2D eigenvalue weighted by molar-refractivity contribution is 5.86. The lowest BCUT2D eigenvalue weighted by molar-refractivity contribution is -0.148. The Hall–Kier alpha value is -1.06. The topological polar surface area (TPSA) is 57.6 Å². The Kier molecular flexibility index (Phi) is 3.00. The minimum atomic E-state index is -0.764. The molecule has 2 rings (SSSR count). The van der Waals surface area contributed by atoms with Crippen molar-refractivity contribution in [2.75, 3.05) is 13.1 Å². The van der Waals surface area contributed by atoms with Gasteiger partial charge in [0.15, 0.2) is 0 Å². The Morgan fingerprint density at radius 3 is 2.05 bits per heavy atom. The molecule has 0 spiro atoms. The van der Waals surface area contributed by atoms with Gasteiger partial charge in [0.2, 0.25) is 5.91 Å². The van der Waals surface area contributed by atoms with Crippen LogP contribution in [0.15, 0.2) is 0 Å². The Bertz CT molecular complexity index is 413. The lowest BCUT2D eigenvalue weighted by atomic mass is 9.84. The van der Waals surface area contributed by atoms with Gasteiger partial charge in [-0.3, -0.25) is 9.59 Å². The zero-order valence-electron chi connectivity index (χ0n) is 12.6. The van der Waals surface area contributed by atoms with Gasteiger partial charge in [0.25, 0.3) is 0 Å². The van der Waals surface area contributed by atoms with Crippen LogP contribution in [0.25, 0.3) is 0 Å². The molecular formula is C15H25NO3. The van der Waals surface area contributed by atoms with Crippen molar-refractivity contribution in [1.29, 1.82) is 0 Å². The minimum Gasteiger partial charge on any atom is -0.481 e. The van der Waals surface area contributed by atoms with Gasteiger partial charge in [-0.1, -0.05) is 34.6 Å². The van der Waals surface area contributed by atoms with Gasteiger partial charge in [0, 0.05) is 19.0 Å². The number of hydrogen-bond donors (Lipinski definition) is 1. The molecule has 4 heteroatoms. The number of carbonyl (C=O) groups excluding carboxylic acids is 1. The number of rotatable bonds is 3. The lowest BCUT2D eigenvalue weighted by Gasteiger charge is -2.23. The van der Waals surface area contributed by atoms with E-state index in [9.17, 15) is 14.7 Å². The van der Waals surface area contributed by atoms with Gasteiger partial charge < -0.3 is 10.0 Å². The first-order valence-corrected chi connectivity index (χ1v) is 7.12. The van der Waals surface area contributed by atoms with Crippen molar-refractivity contribution in [3.63, 3.8) is 0 Å². The SMILES string of the molecule is CCC1(C(=O)O)CCN(C(=O)C2C(C)(C)C2(C)C)C1. The van der Waals surface area contributed by atoms with E-state index in [1.165, 1.54) is 0 Å². The Morgan fingerprint density at radius 1 is 1.21 bits per heavy atom. The zero-order chi connectivity index (χ0) is 14.6. The highest BCUT2D eigenvalue weighted by Gasteiger charge is 2.69. The van der Waals surface area contributed by atoms with E-state index >= 15 is 0 Å². The summed E-state index contributed by atoms with van der Waals surface area (Å²) in [7, 11) is 0. The number of amides is 1. The predicted molar refractivity (Wildman–Crippen MR) is 72.6 cm³/mol. The zero-order valence-corrected chi connectivity index (χ0v) is 12.6. The molecule has 1 amide bonds. The molecule has 108 valence electrons. The van der Waals surface area contributed by atoms with E-state index in [-0.39, 0.29) is 22.7 Å². The standard InChI is InChI=1S/C15H25NO3/c1-6-15(12(18)19)7-8-16(9-15)11(17)10-13(2,3)14(10,4)5/h10H,6-9H2,1-5H3,(H,18,19). The van der Waals surface area contributed by atoms with Crippen LogP contribution < -0.4 is 0 Å². The quantitative estimate of drug-likeness (QED) is 0.854. The molecule has 1 aliphatic carbocycles. The fraction of sp³-hybridized carbons (Fsp3) is 0.867. The van der Waals surface area contributed by atoms with E-state index in [1.807, 2.05) is 6.92 Å². The van der Waals surface area contributed by atoms with Gasteiger partial charge in [-0.15, -0.1) is 0 Å². The number of carboxylic acids is 1. The first-order valence-electron chi connectivity index (χ1n) is 7.12. The number of aliphatic carboxylic acids is 1. The van der Waals surface area contributed by atoms with Crippen molar-refractivity contribution in [2.24, 2.45) is 22.2 Å². The second-order valence-corrected chi connectivity index (χ2v) is 7.33. The van der Waals surface area contributed by atoms with Crippen LogP contribution in [0, 0.1) is 22.2 Å². The Balaban J connectivity index is 2.11. The molecule has 19 heavy (non-hydrogen) atoms. The number of carbonyl (C=O) groups is 2. The predicted octanol–water partition coefficient (Wildman–Crippen LogP) is 2.38. The molecule has 1 saturated carbocycles. The van der Waals surface area contributed by atoms with Gasteiger partial charge in [-0.05, 0) is 23.7 Å². The van der Waals surface area contributed by atoms with Crippen molar-refractivity contribution in [2.45, 2.75) is 47.5 Å². The smallest absolute Gasteiger partial charge is 0.311 e. The van der Waals surface area contributed by atoms with Crippen LogP contribution in [0.5, 0.6) is 0 Å². The summed E-state index contributed by atoms with van der Waals surface area (Å²) in [4.78, 5) is 25.8. The molecule has 2 aliphatic rings. The summed E-state index contributed by atoms with van der Waals surface area (Å²) < 4.78 is 0. The van der Waals surface area contributed by atoms with Crippen molar-refractivity contribution in [3.8, 4) is 0 Å². The summed E-state index contributed by atoms with van der Waals surface area (Å²) in [5.74, 6) is -0.590. The molecular weight excluding hydrogens is 242 g/mol.